The van der Waals surface area contributed by atoms with E-state index >= 15 is 0 Å². The maximum Gasteiger partial charge on any atom is 0.408 e. The van der Waals surface area contributed by atoms with Gasteiger partial charge in [0.25, 0.3) is 15.9 Å². The lowest BCUT2D eigenvalue weighted by Gasteiger charge is -2.36. The van der Waals surface area contributed by atoms with E-state index in [4.69, 9.17) is 23.7 Å². The summed E-state index contributed by atoms with van der Waals surface area (Å²) in [4.78, 5) is 62.3. The van der Waals surface area contributed by atoms with Crippen molar-refractivity contribution in [1.29, 1.82) is 0 Å². The topological polar surface area (TPSA) is 208 Å². The highest BCUT2D eigenvalue weighted by molar-refractivity contribution is 7.90. The van der Waals surface area contributed by atoms with Crippen LogP contribution in [-0.2, 0) is 29.1 Å². The molecule has 1 aliphatic carbocycles. The molecule has 4 amide bonds. The van der Waals surface area contributed by atoms with Crippen LogP contribution in [0.1, 0.15) is 65.8 Å². The highest BCUT2D eigenvalue weighted by atomic mass is 32.2. The fourth-order valence-electron chi connectivity index (χ4n) is 7.41. The normalized spacial score (nSPS) is 20.8. The van der Waals surface area contributed by atoms with E-state index in [0.717, 1.165) is 5.56 Å². The number of carbonyl (C=O) groups is 4. The number of aromatic nitrogens is 2. The lowest BCUT2D eigenvalue weighted by Crippen LogP contribution is -2.60. The van der Waals surface area contributed by atoms with E-state index < -0.39 is 74.5 Å². The molecule has 2 aromatic carbocycles. The van der Waals surface area contributed by atoms with Crippen LogP contribution in [0.5, 0.6) is 11.5 Å². The Morgan fingerprint density at radius 3 is 2.32 bits per heavy atom. The fraction of sp³-hybridized carbons (Fsp3) is 0.442. The van der Waals surface area contributed by atoms with Crippen LogP contribution in [0.3, 0.4) is 0 Å². The summed E-state index contributed by atoms with van der Waals surface area (Å²) in [5, 5.41) is 9.85. The van der Waals surface area contributed by atoms with Crippen molar-refractivity contribution >= 4 is 44.7 Å². The lowest BCUT2D eigenvalue weighted by atomic mass is 9.85. The number of likely N-dealkylation sites (tertiary alicyclic amines) is 1. The van der Waals surface area contributed by atoms with Gasteiger partial charge >= 0.3 is 6.09 Å². The van der Waals surface area contributed by atoms with Crippen molar-refractivity contribution in [3.05, 3.63) is 78.7 Å². The molecular formula is C43H52N6O10S. The van der Waals surface area contributed by atoms with Crippen LogP contribution in [-0.4, -0.2) is 90.3 Å². The zero-order valence-electron chi connectivity index (χ0n) is 35.2. The van der Waals surface area contributed by atoms with Gasteiger partial charge < -0.3 is 34.3 Å². The van der Waals surface area contributed by atoms with Crippen molar-refractivity contribution in [2.24, 2.45) is 11.3 Å². The Labute approximate surface area is 349 Å². The van der Waals surface area contributed by atoms with Crippen LogP contribution >= 0.6 is 0 Å². The number of hydrogen-bond donors (Lipinski definition) is 3. The number of pyridine rings is 1. The van der Waals surface area contributed by atoms with Crippen molar-refractivity contribution in [3.8, 4) is 22.8 Å². The molecule has 1 unspecified atom stereocenters. The number of carbonyl (C=O) groups excluding carboxylic acids is 4. The molecule has 2 aliphatic rings. The molecule has 1 saturated carbocycles. The molecule has 17 heteroatoms. The zero-order chi connectivity index (χ0) is 43.9. The summed E-state index contributed by atoms with van der Waals surface area (Å²) in [7, 11) is -2.91. The first kappa shape index (κ1) is 43.6. The van der Waals surface area contributed by atoms with E-state index in [-0.39, 0.29) is 35.7 Å². The summed E-state index contributed by atoms with van der Waals surface area (Å²) < 4.78 is 51.6. The molecule has 4 aromatic rings. The minimum absolute atomic E-state index is 0.0153. The highest BCUT2D eigenvalue weighted by Gasteiger charge is 2.62. The smallest absolute Gasteiger partial charge is 0.408 e. The number of sulfonamides is 1. The molecule has 3 heterocycles. The van der Waals surface area contributed by atoms with E-state index in [1.807, 2.05) is 36.4 Å². The van der Waals surface area contributed by atoms with Crippen LogP contribution in [0.15, 0.2) is 76.7 Å². The van der Waals surface area contributed by atoms with Crippen molar-refractivity contribution in [3.63, 3.8) is 0 Å². The third kappa shape index (κ3) is 9.10. The number of alkyl carbamates (subject to hydrolysis) is 1. The largest absolute Gasteiger partial charge is 0.497 e. The van der Waals surface area contributed by atoms with Gasteiger partial charge in [-0.1, -0.05) is 62.3 Å². The molecular weight excluding hydrogens is 793 g/mol. The van der Waals surface area contributed by atoms with Crippen LogP contribution in [0, 0.1) is 25.2 Å². The van der Waals surface area contributed by atoms with E-state index in [9.17, 15) is 27.6 Å². The van der Waals surface area contributed by atoms with E-state index in [1.165, 1.54) is 24.8 Å². The minimum Gasteiger partial charge on any atom is -0.497 e. The summed E-state index contributed by atoms with van der Waals surface area (Å²) >= 11 is 0. The third-order valence-electron chi connectivity index (χ3n) is 10.5. The number of amides is 4. The van der Waals surface area contributed by atoms with Crippen LogP contribution in [0.4, 0.5) is 4.79 Å². The molecule has 0 spiro atoms. The average molecular weight is 845 g/mol. The molecule has 0 bridgehead atoms. The SMILES string of the molecule is C=CC1C[C@]1(NC(=O)[C@@H]1C[C@@H](Oc2cc(-c3ccccc3)nc3cc(OC)ccc23)CN1C(=O)[C@@H](NC(=O)OC(C)(C)C)C(C)(C)C)C(=O)NS(=O)(=O)c1c(C)noc1C. The van der Waals surface area contributed by atoms with Crippen molar-refractivity contribution in [2.75, 3.05) is 13.7 Å². The number of ether oxygens (including phenoxy) is 3. The number of nitrogens with one attached hydrogen (secondary N) is 3. The second-order valence-electron chi connectivity index (χ2n) is 17.3. The number of nitrogens with zero attached hydrogens (tertiary/aromatic N) is 3. The van der Waals surface area contributed by atoms with Gasteiger partial charge in [-0.2, -0.15) is 0 Å². The molecule has 2 aromatic heterocycles. The van der Waals surface area contributed by atoms with Gasteiger partial charge in [0.1, 0.15) is 46.5 Å². The Hall–Kier alpha value is -5.97. The zero-order valence-corrected chi connectivity index (χ0v) is 36.1. The van der Waals surface area contributed by atoms with Crippen molar-refractivity contribution in [2.45, 2.75) is 102 Å². The first-order valence-corrected chi connectivity index (χ1v) is 21.0. The molecule has 5 atom stereocenters. The third-order valence-corrected chi connectivity index (χ3v) is 12.1. The van der Waals surface area contributed by atoms with E-state index in [1.54, 1.807) is 66.9 Å². The summed E-state index contributed by atoms with van der Waals surface area (Å²) in [5.74, 6) is -1.94. The molecule has 1 aliphatic heterocycles. The maximum absolute atomic E-state index is 14.8. The Balaban J connectivity index is 1.35. The van der Waals surface area contributed by atoms with Crippen LogP contribution in [0.2, 0.25) is 0 Å². The predicted octanol–water partition coefficient (Wildman–Crippen LogP) is 5.37. The number of methoxy groups -OCH3 is 1. The van der Waals surface area contributed by atoms with Crippen molar-refractivity contribution in [1.82, 2.24) is 30.4 Å². The Morgan fingerprint density at radius 1 is 1.03 bits per heavy atom. The fourth-order valence-corrected chi connectivity index (χ4v) is 8.78. The van der Waals surface area contributed by atoms with Gasteiger partial charge in [-0.25, -0.2) is 22.9 Å². The second kappa shape index (κ2) is 16.2. The monoisotopic (exact) mass is 844 g/mol. The van der Waals surface area contributed by atoms with E-state index in [0.29, 0.717) is 28.1 Å². The molecule has 320 valence electrons. The molecule has 6 rings (SSSR count). The van der Waals surface area contributed by atoms with Gasteiger partial charge in [0.15, 0.2) is 10.7 Å². The van der Waals surface area contributed by atoms with Gasteiger partial charge in [-0.3, -0.25) is 14.4 Å². The Bertz CT molecular complexity index is 2420. The molecule has 16 nitrogen and oxygen atoms in total. The van der Waals surface area contributed by atoms with Gasteiger partial charge in [0.05, 0.1) is 24.9 Å². The molecule has 3 N–H and O–H groups in total. The standard InChI is InChI=1S/C43H52N6O10S/c1-11-27-22-43(27,39(52)48-60(54,55)35-24(2)47-59-25(35)3)46-37(50)33-20-29(23-49(33)38(51)36(41(4,5)6)45-40(53)58-42(7,8)9)57-34-21-31(26-15-13-12-14-16-26)44-32-19-28(56-10)17-18-30(32)34/h11-19,21,27,29,33,36H,1,20,22-23H2,2-10H3,(H,45,53)(H,46,50)(H,48,52)/t27?,29-,33+,36-,43-/m1/s1. The van der Waals surface area contributed by atoms with Gasteiger partial charge in [0.2, 0.25) is 11.8 Å². The first-order valence-electron chi connectivity index (χ1n) is 19.5. The molecule has 1 saturated heterocycles. The maximum atomic E-state index is 14.8. The summed E-state index contributed by atoms with van der Waals surface area (Å²) in [6.07, 6.45) is -0.124. The highest BCUT2D eigenvalue weighted by Crippen LogP contribution is 2.45. The predicted molar refractivity (Wildman–Crippen MR) is 221 cm³/mol. The summed E-state index contributed by atoms with van der Waals surface area (Å²) in [6, 6.07) is 14.3. The van der Waals surface area contributed by atoms with Crippen LogP contribution < -0.4 is 24.8 Å². The van der Waals surface area contributed by atoms with Gasteiger partial charge in [-0.05, 0) is 58.6 Å². The number of rotatable bonds is 12. The first-order chi connectivity index (χ1) is 28.1. The van der Waals surface area contributed by atoms with Crippen molar-refractivity contribution < 1.29 is 46.3 Å². The quantitative estimate of drug-likeness (QED) is 0.154. The Kier molecular flexibility index (Phi) is 11.8. The lowest BCUT2D eigenvalue weighted by molar-refractivity contribution is -0.143. The minimum atomic E-state index is -4.46. The van der Waals surface area contributed by atoms with Gasteiger partial charge in [-0.15, -0.1) is 6.58 Å². The number of aryl methyl sites for hydroxylation is 2. The van der Waals surface area contributed by atoms with Gasteiger partial charge in [0, 0.05) is 35.4 Å². The Morgan fingerprint density at radius 2 is 1.73 bits per heavy atom. The molecule has 60 heavy (non-hydrogen) atoms. The number of fused-ring (bicyclic) bond motifs is 1. The van der Waals surface area contributed by atoms with Crippen LogP contribution in [0.25, 0.3) is 22.2 Å². The average Bonchev–Trinajstić information content (AvgIpc) is 3.53. The number of benzene rings is 2. The summed E-state index contributed by atoms with van der Waals surface area (Å²) in [6.45, 7) is 16.9. The number of hydrogen-bond acceptors (Lipinski definition) is 12. The summed E-state index contributed by atoms with van der Waals surface area (Å²) in [5.41, 5.74) is -1.35. The molecule has 0 radical (unpaired) electrons. The molecule has 2 fully saturated rings. The van der Waals surface area contributed by atoms with E-state index in [2.05, 4.69) is 27.1 Å². The second-order valence-corrected chi connectivity index (χ2v) is 18.9.